The van der Waals surface area contributed by atoms with Crippen LogP contribution in [-0.4, -0.2) is 16.3 Å². The maximum atomic E-state index is 13.3. The van der Waals surface area contributed by atoms with E-state index < -0.39 is 23.3 Å². The first-order chi connectivity index (χ1) is 9.00. The molecule has 0 aliphatic rings. The number of aryl methyl sites for hydroxylation is 1. The third kappa shape index (κ3) is 2.52. The fourth-order valence-electron chi connectivity index (χ4n) is 1.59. The molecule has 1 amide bonds. The molecule has 0 spiro atoms. The molecule has 0 aliphatic carbocycles. The minimum atomic E-state index is -1.20. The molecule has 0 aliphatic heterocycles. The number of anilines is 1. The van der Waals surface area contributed by atoms with E-state index in [1.807, 2.05) is 5.32 Å². The molecule has 1 aromatic carbocycles. The van der Waals surface area contributed by atoms with Crippen molar-refractivity contribution in [1.29, 1.82) is 0 Å². The second-order valence-electron chi connectivity index (χ2n) is 3.89. The number of nitrogens with zero attached hydrogens (tertiary/aromatic N) is 1. The standard InChI is InChI=1S/C13H10F2N2O2/c1-17-7-3-6-10(17)12(18)13(19)16-9-5-2-4-8(14)11(9)15/h2-7H,1H3,(H,16,19). The molecule has 2 aromatic rings. The molecular weight excluding hydrogens is 254 g/mol. The van der Waals surface area contributed by atoms with Crippen LogP contribution in [0.25, 0.3) is 0 Å². The molecule has 0 fully saturated rings. The number of amides is 1. The number of carbonyl (C=O) groups is 2. The van der Waals surface area contributed by atoms with E-state index in [0.29, 0.717) is 0 Å². The number of hydrogen-bond acceptors (Lipinski definition) is 2. The monoisotopic (exact) mass is 264 g/mol. The van der Waals surface area contributed by atoms with E-state index in [0.717, 1.165) is 6.07 Å². The Kier molecular flexibility index (Phi) is 3.41. The minimum Gasteiger partial charge on any atom is -0.348 e. The first-order valence-electron chi connectivity index (χ1n) is 5.41. The summed E-state index contributed by atoms with van der Waals surface area (Å²) in [5.74, 6) is -4.14. The number of Topliss-reactive ketones (excluding diaryl/α,β-unsaturated/α-hetero) is 1. The number of nitrogens with one attached hydrogen (secondary N) is 1. The third-order valence-electron chi connectivity index (χ3n) is 2.58. The summed E-state index contributed by atoms with van der Waals surface area (Å²) >= 11 is 0. The molecule has 0 saturated heterocycles. The van der Waals surface area contributed by atoms with Crippen molar-refractivity contribution in [2.24, 2.45) is 7.05 Å². The molecule has 0 saturated carbocycles. The highest BCUT2D eigenvalue weighted by molar-refractivity contribution is 6.46. The zero-order valence-corrected chi connectivity index (χ0v) is 9.98. The average molecular weight is 264 g/mol. The summed E-state index contributed by atoms with van der Waals surface area (Å²) in [5, 5.41) is 2.05. The third-order valence-corrected chi connectivity index (χ3v) is 2.58. The molecule has 1 aromatic heterocycles. The fraction of sp³-hybridized carbons (Fsp3) is 0.0769. The van der Waals surface area contributed by atoms with Gasteiger partial charge in [0.1, 0.15) is 0 Å². The Bertz CT molecular complexity index is 650. The Morgan fingerprint density at radius 3 is 2.53 bits per heavy atom. The molecule has 1 heterocycles. The zero-order chi connectivity index (χ0) is 14.0. The highest BCUT2D eigenvalue weighted by Crippen LogP contribution is 2.16. The number of rotatable bonds is 3. The predicted molar refractivity (Wildman–Crippen MR) is 64.7 cm³/mol. The molecule has 0 radical (unpaired) electrons. The van der Waals surface area contributed by atoms with Crippen molar-refractivity contribution in [3.05, 3.63) is 53.9 Å². The van der Waals surface area contributed by atoms with E-state index in [-0.39, 0.29) is 11.4 Å². The smallest absolute Gasteiger partial charge is 0.298 e. The summed E-state index contributed by atoms with van der Waals surface area (Å²) in [6, 6.07) is 6.40. The van der Waals surface area contributed by atoms with Gasteiger partial charge in [0, 0.05) is 13.2 Å². The normalized spacial score (nSPS) is 10.3. The van der Waals surface area contributed by atoms with Crippen molar-refractivity contribution in [1.82, 2.24) is 4.57 Å². The topological polar surface area (TPSA) is 51.1 Å². The van der Waals surface area contributed by atoms with Gasteiger partial charge in [-0.3, -0.25) is 9.59 Å². The average Bonchev–Trinajstić information content (AvgIpc) is 2.80. The van der Waals surface area contributed by atoms with Crippen LogP contribution in [0.5, 0.6) is 0 Å². The second-order valence-corrected chi connectivity index (χ2v) is 3.89. The molecule has 6 heteroatoms. The molecule has 19 heavy (non-hydrogen) atoms. The van der Waals surface area contributed by atoms with E-state index in [9.17, 15) is 18.4 Å². The Morgan fingerprint density at radius 1 is 1.16 bits per heavy atom. The van der Waals surface area contributed by atoms with E-state index in [2.05, 4.69) is 0 Å². The van der Waals surface area contributed by atoms with Gasteiger partial charge >= 0.3 is 0 Å². The van der Waals surface area contributed by atoms with Gasteiger partial charge in [-0.25, -0.2) is 8.78 Å². The van der Waals surface area contributed by atoms with Crippen molar-refractivity contribution < 1.29 is 18.4 Å². The van der Waals surface area contributed by atoms with Gasteiger partial charge in [0.15, 0.2) is 11.6 Å². The van der Waals surface area contributed by atoms with Crippen LogP contribution in [0.2, 0.25) is 0 Å². The van der Waals surface area contributed by atoms with Crippen LogP contribution in [0.15, 0.2) is 36.5 Å². The SMILES string of the molecule is Cn1cccc1C(=O)C(=O)Nc1cccc(F)c1F. The quantitative estimate of drug-likeness (QED) is 0.682. The first-order valence-corrected chi connectivity index (χ1v) is 5.41. The van der Waals surface area contributed by atoms with Crippen LogP contribution in [0, 0.1) is 11.6 Å². The second kappa shape index (κ2) is 5.01. The number of benzene rings is 1. The lowest BCUT2D eigenvalue weighted by atomic mass is 10.2. The number of halogens is 2. The molecule has 2 rings (SSSR count). The molecule has 4 nitrogen and oxygen atoms in total. The lowest BCUT2D eigenvalue weighted by molar-refractivity contribution is -0.112. The number of ketones is 1. The van der Waals surface area contributed by atoms with E-state index in [4.69, 9.17) is 0 Å². The van der Waals surface area contributed by atoms with Gasteiger partial charge in [0.2, 0.25) is 0 Å². The molecule has 0 bridgehead atoms. The van der Waals surface area contributed by atoms with Crippen molar-refractivity contribution >= 4 is 17.4 Å². The van der Waals surface area contributed by atoms with Crippen LogP contribution in [0.4, 0.5) is 14.5 Å². The van der Waals surface area contributed by atoms with E-state index >= 15 is 0 Å². The Labute approximate surface area is 107 Å². The number of carbonyl (C=O) groups excluding carboxylic acids is 2. The Balaban J connectivity index is 2.20. The van der Waals surface area contributed by atoms with Gasteiger partial charge in [0.25, 0.3) is 11.7 Å². The minimum absolute atomic E-state index is 0.161. The maximum Gasteiger partial charge on any atom is 0.298 e. The van der Waals surface area contributed by atoms with E-state index in [1.54, 1.807) is 19.3 Å². The highest BCUT2D eigenvalue weighted by atomic mass is 19.2. The van der Waals surface area contributed by atoms with Gasteiger partial charge in [-0.15, -0.1) is 0 Å². The number of hydrogen-bond donors (Lipinski definition) is 1. The summed E-state index contributed by atoms with van der Waals surface area (Å²) in [6.07, 6.45) is 1.60. The maximum absolute atomic E-state index is 13.3. The van der Waals surface area contributed by atoms with Crippen LogP contribution >= 0.6 is 0 Å². The molecule has 1 N–H and O–H groups in total. The van der Waals surface area contributed by atoms with Gasteiger partial charge in [-0.05, 0) is 24.3 Å². The number of aromatic nitrogens is 1. The van der Waals surface area contributed by atoms with Crippen LogP contribution in [0.3, 0.4) is 0 Å². The summed E-state index contributed by atoms with van der Waals surface area (Å²) < 4.78 is 27.8. The van der Waals surface area contributed by atoms with Crippen molar-refractivity contribution in [2.45, 2.75) is 0 Å². The Hall–Kier alpha value is -2.50. The molecule has 98 valence electrons. The molecule has 0 unspecified atom stereocenters. The van der Waals surface area contributed by atoms with E-state index in [1.165, 1.54) is 22.8 Å². The lowest BCUT2D eigenvalue weighted by Crippen LogP contribution is -2.25. The van der Waals surface area contributed by atoms with Crippen LogP contribution in [0.1, 0.15) is 10.5 Å². The Morgan fingerprint density at radius 2 is 1.89 bits per heavy atom. The summed E-state index contributed by atoms with van der Waals surface area (Å²) in [6.45, 7) is 0. The lowest BCUT2D eigenvalue weighted by Gasteiger charge is -2.06. The molecular formula is C13H10F2N2O2. The zero-order valence-electron chi connectivity index (χ0n) is 9.98. The fourth-order valence-corrected chi connectivity index (χ4v) is 1.59. The van der Waals surface area contributed by atoms with Gasteiger partial charge in [-0.2, -0.15) is 0 Å². The molecule has 0 atom stereocenters. The predicted octanol–water partition coefficient (Wildman–Crippen LogP) is 2.12. The largest absolute Gasteiger partial charge is 0.348 e. The van der Waals surface area contributed by atoms with Crippen molar-refractivity contribution in [3.63, 3.8) is 0 Å². The summed E-state index contributed by atoms with van der Waals surface area (Å²) in [7, 11) is 1.60. The van der Waals surface area contributed by atoms with Crippen molar-refractivity contribution in [3.8, 4) is 0 Å². The first kappa shape index (κ1) is 12.9. The van der Waals surface area contributed by atoms with Crippen molar-refractivity contribution in [2.75, 3.05) is 5.32 Å². The van der Waals surface area contributed by atoms with Gasteiger partial charge < -0.3 is 9.88 Å². The van der Waals surface area contributed by atoms with Crippen LogP contribution in [-0.2, 0) is 11.8 Å². The summed E-state index contributed by atoms with van der Waals surface area (Å²) in [4.78, 5) is 23.4. The van der Waals surface area contributed by atoms with Crippen LogP contribution < -0.4 is 5.32 Å². The highest BCUT2D eigenvalue weighted by Gasteiger charge is 2.20. The summed E-state index contributed by atoms with van der Waals surface area (Å²) in [5.41, 5.74) is -0.207. The van der Waals surface area contributed by atoms with Gasteiger partial charge in [0.05, 0.1) is 11.4 Å². The van der Waals surface area contributed by atoms with Gasteiger partial charge in [-0.1, -0.05) is 6.07 Å².